The molecule has 1 heterocycles. The van der Waals surface area contributed by atoms with E-state index < -0.39 is 0 Å². The quantitative estimate of drug-likeness (QED) is 0.616. The zero-order valence-corrected chi connectivity index (χ0v) is 14.7. The normalized spacial score (nSPS) is 23.5. The van der Waals surface area contributed by atoms with Crippen molar-refractivity contribution in [1.29, 1.82) is 0 Å². The Morgan fingerprint density at radius 1 is 1.04 bits per heavy atom. The summed E-state index contributed by atoms with van der Waals surface area (Å²) in [4.78, 5) is 28.5. The zero-order valence-electron chi connectivity index (χ0n) is 14.7. The molecule has 0 spiro atoms. The summed E-state index contributed by atoms with van der Waals surface area (Å²) >= 11 is 0. The SMILES string of the molecule is CC(C)c1ccc(CN(C)CN2C(=O)[C@H]3CC=CC[C@H]3C2=O)cc1. The minimum Gasteiger partial charge on any atom is -0.284 e. The van der Waals surface area contributed by atoms with Gasteiger partial charge in [0.25, 0.3) is 0 Å². The van der Waals surface area contributed by atoms with Gasteiger partial charge in [0.1, 0.15) is 0 Å². The lowest BCUT2D eigenvalue weighted by molar-refractivity contribution is -0.142. The van der Waals surface area contributed by atoms with Gasteiger partial charge in [-0.1, -0.05) is 50.3 Å². The fourth-order valence-electron chi connectivity index (χ4n) is 3.62. The molecule has 4 nitrogen and oxygen atoms in total. The van der Waals surface area contributed by atoms with Crippen LogP contribution in [0.2, 0.25) is 0 Å². The van der Waals surface area contributed by atoms with Crippen LogP contribution >= 0.6 is 0 Å². The van der Waals surface area contributed by atoms with Crippen molar-refractivity contribution in [3.05, 3.63) is 47.5 Å². The molecule has 2 aliphatic rings. The predicted octanol–water partition coefficient (Wildman–Crippen LogP) is 3.15. The van der Waals surface area contributed by atoms with E-state index in [4.69, 9.17) is 0 Å². The molecule has 0 saturated carbocycles. The number of benzene rings is 1. The van der Waals surface area contributed by atoms with Gasteiger partial charge in [0.05, 0.1) is 18.5 Å². The molecule has 1 aromatic carbocycles. The first-order valence-electron chi connectivity index (χ1n) is 8.75. The highest BCUT2D eigenvalue weighted by molar-refractivity contribution is 6.05. The lowest BCUT2D eigenvalue weighted by atomic mass is 9.85. The maximum Gasteiger partial charge on any atom is 0.234 e. The zero-order chi connectivity index (χ0) is 17.3. The lowest BCUT2D eigenvalue weighted by Crippen LogP contribution is -2.40. The first kappa shape index (κ1) is 16.9. The molecule has 0 radical (unpaired) electrons. The first-order chi connectivity index (χ1) is 11.5. The van der Waals surface area contributed by atoms with Gasteiger partial charge >= 0.3 is 0 Å². The average Bonchev–Trinajstić information content (AvgIpc) is 2.81. The summed E-state index contributed by atoms with van der Waals surface area (Å²) in [5, 5.41) is 0. The van der Waals surface area contributed by atoms with Crippen molar-refractivity contribution in [1.82, 2.24) is 9.80 Å². The largest absolute Gasteiger partial charge is 0.284 e. The third-order valence-corrected chi connectivity index (χ3v) is 5.08. The molecular formula is C20H26N2O2. The third kappa shape index (κ3) is 3.29. The standard InChI is InChI=1S/C20H26N2O2/c1-14(2)16-10-8-15(9-11-16)12-21(3)13-22-19(23)17-6-4-5-7-18(17)20(22)24/h4-5,8-11,14,17-18H,6-7,12-13H2,1-3H3/t17-,18+. The summed E-state index contributed by atoms with van der Waals surface area (Å²) in [7, 11) is 1.96. The van der Waals surface area contributed by atoms with Gasteiger partial charge in [-0.25, -0.2) is 0 Å². The van der Waals surface area contributed by atoms with Gasteiger partial charge in [0, 0.05) is 6.54 Å². The molecule has 0 unspecified atom stereocenters. The molecule has 2 atom stereocenters. The minimum absolute atomic E-state index is 0.00337. The van der Waals surface area contributed by atoms with E-state index in [1.165, 1.54) is 16.0 Å². The van der Waals surface area contributed by atoms with Crippen molar-refractivity contribution in [2.24, 2.45) is 11.8 Å². The minimum atomic E-state index is -0.138. The van der Waals surface area contributed by atoms with Crippen LogP contribution in [0.1, 0.15) is 43.7 Å². The number of hydrogen-bond acceptors (Lipinski definition) is 3. The van der Waals surface area contributed by atoms with Crippen LogP contribution in [0.4, 0.5) is 0 Å². The second kappa shape index (κ2) is 6.89. The van der Waals surface area contributed by atoms with Crippen LogP contribution in [-0.2, 0) is 16.1 Å². The van der Waals surface area contributed by atoms with E-state index in [-0.39, 0.29) is 23.7 Å². The van der Waals surface area contributed by atoms with Gasteiger partial charge in [0.15, 0.2) is 0 Å². The van der Waals surface area contributed by atoms with Crippen molar-refractivity contribution in [3.63, 3.8) is 0 Å². The number of likely N-dealkylation sites (tertiary alicyclic amines) is 1. The number of nitrogens with zero attached hydrogens (tertiary/aromatic N) is 2. The summed E-state index contributed by atoms with van der Waals surface area (Å²) < 4.78 is 0. The summed E-state index contributed by atoms with van der Waals surface area (Å²) in [6.07, 6.45) is 5.45. The molecule has 1 saturated heterocycles. The predicted molar refractivity (Wildman–Crippen MR) is 94.1 cm³/mol. The first-order valence-corrected chi connectivity index (χ1v) is 8.75. The maximum absolute atomic E-state index is 12.5. The van der Waals surface area contributed by atoms with Crippen molar-refractivity contribution in [3.8, 4) is 0 Å². The van der Waals surface area contributed by atoms with Crippen molar-refractivity contribution >= 4 is 11.8 Å². The number of carbonyl (C=O) groups is 2. The van der Waals surface area contributed by atoms with E-state index in [0.29, 0.717) is 25.4 Å². The van der Waals surface area contributed by atoms with E-state index in [2.05, 4.69) is 38.1 Å². The number of hydrogen-bond donors (Lipinski definition) is 0. The molecule has 1 fully saturated rings. The molecule has 24 heavy (non-hydrogen) atoms. The lowest BCUT2D eigenvalue weighted by Gasteiger charge is -2.23. The third-order valence-electron chi connectivity index (χ3n) is 5.08. The molecule has 1 aliphatic carbocycles. The number of allylic oxidation sites excluding steroid dienone is 2. The Kier molecular flexibility index (Phi) is 4.86. The van der Waals surface area contributed by atoms with Crippen molar-refractivity contribution < 1.29 is 9.59 Å². The van der Waals surface area contributed by atoms with Crippen LogP contribution in [0.25, 0.3) is 0 Å². The van der Waals surface area contributed by atoms with Gasteiger partial charge in [-0.2, -0.15) is 0 Å². The molecular weight excluding hydrogens is 300 g/mol. The van der Waals surface area contributed by atoms with Crippen LogP contribution in [0.5, 0.6) is 0 Å². The summed E-state index contributed by atoms with van der Waals surface area (Å²) in [5.41, 5.74) is 2.52. The van der Waals surface area contributed by atoms with Crippen LogP contribution in [0.15, 0.2) is 36.4 Å². The monoisotopic (exact) mass is 326 g/mol. The van der Waals surface area contributed by atoms with Crippen molar-refractivity contribution in [2.75, 3.05) is 13.7 Å². The Balaban J connectivity index is 1.61. The molecule has 3 rings (SSSR count). The van der Waals surface area contributed by atoms with E-state index in [1.807, 2.05) is 24.1 Å². The Morgan fingerprint density at radius 2 is 1.58 bits per heavy atom. The Bertz CT molecular complexity index is 622. The topological polar surface area (TPSA) is 40.6 Å². The number of carbonyl (C=O) groups excluding carboxylic acids is 2. The number of imide groups is 1. The highest BCUT2D eigenvalue weighted by Gasteiger charge is 2.47. The molecule has 1 aromatic rings. The molecule has 1 aliphatic heterocycles. The second-order valence-electron chi connectivity index (χ2n) is 7.31. The van der Waals surface area contributed by atoms with Gasteiger partial charge in [0.2, 0.25) is 11.8 Å². The van der Waals surface area contributed by atoms with Crippen molar-refractivity contribution in [2.45, 2.75) is 39.2 Å². The van der Waals surface area contributed by atoms with E-state index >= 15 is 0 Å². The van der Waals surface area contributed by atoms with E-state index in [0.717, 1.165) is 6.54 Å². The van der Waals surface area contributed by atoms with Gasteiger partial charge in [-0.3, -0.25) is 19.4 Å². The van der Waals surface area contributed by atoms with Crippen LogP contribution in [0.3, 0.4) is 0 Å². The van der Waals surface area contributed by atoms with E-state index in [9.17, 15) is 9.59 Å². The summed E-state index contributed by atoms with van der Waals surface area (Å²) in [6, 6.07) is 8.56. The van der Waals surface area contributed by atoms with Crippen LogP contribution in [-0.4, -0.2) is 35.3 Å². The summed E-state index contributed by atoms with van der Waals surface area (Å²) in [6.45, 7) is 5.46. The Morgan fingerprint density at radius 3 is 2.08 bits per heavy atom. The second-order valence-corrected chi connectivity index (χ2v) is 7.31. The number of amides is 2. The molecule has 128 valence electrons. The smallest absolute Gasteiger partial charge is 0.234 e. The van der Waals surface area contributed by atoms with Gasteiger partial charge in [-0.05, 0) is 36.9 Å². The summed E-state index contributed by atoms with van der Waals surface area (Å²) in [5.74, 6) is 0.240. The highest BCUT2D eigenvalue weighted by Crippen LogP contribution is 2.35. The van der Waals surface area contributed by atoms with Crippen LogP contribution in [0, 0.1) is 11.8 Å². The molecule has 4 heteroatoms. The Hall–Kier alpha value is -1.94. The number of rotatable bonds is 5. The Labute approximate surface area is 144 Å². The van der Waals surface area contributed by atoms with Gasteiger partial charge in [-0.15, -0.1) is 0 Å². The fraction of sp³-hybridized carbons (Fsp3) is 0.500. The maximum atomic E-state index is 12.5. The molecule has 0 N–H and O–H groups in total. The number of fused-ring (bicyclic) bond motifs is 1. The highest BCUT2D eigenvalue weighted by atomic mass is 16.2. The molecule has 0 aromatic heterocycles. The fourth-order valence-corrected chi connectivity index (χ4v) is 3.62. The van der Waals surface area contributed by atoms with E-state index in [1.54, 1.807) is 0 Å². The van der Waals surface area contributed by atoms with Gasteiger partial charge < -0.3 is 0 Å². The van der Waals surface area contributed by atoms with Crippen LogP contribution < -0.4 is 0 Å². The molecule has 2 amide bonds. The molecule has 0 bridgehead atoms. The average molecular weight is 326 g/mol.